The van der Waals surface area contributed by atoms with Crippen LogP contribution < -0.4 is 0 Å². The van der Waals surface area contributed by atoms with E-state index in [-0.39, 0.29) is 21.2 Å². The van der Waals surface area contributed by atoms with Gasteiger partial charge in [-0.15, -0.1) is 0 Å². The standard InChI is InChI=1S/C19H11Cl2F3N4O/c20-15-6-14(7-16(21)8-15)18(29,19(22,23)24)4-3-12-1-2-17(13(5-12)9-25)28-11-26-10-27-28/h1-8,10-11,29H/t18-/m0/s1. The molecule has 0 radical (unpaired) electrons. The third-order valence-electron chi connectivity index (χ3n) is 4.06. The Morgan fingerprint density at radius 3 is 2.34 bits per heavy atom. The molecule has 3 rings (SSSR count). The maximum atomic E-state index is 13.7. The number of halogens is 5. The molecular weight excluding hydrogens is 428 g/mol. The molecule has 3 aromatic rings. The molecule has 0 aliphatic rings. The number of hydrogen-bond acceptors (Lipinski definition) is 4. The number of nitriles is 1. The molecule has 2 aromatic carbocycles. The maximum absolute atomic E-state index is 13.7. The normalized spacial score (nSPS) is 14.0. The molecule has 1 heterocycles. The SMILES string of the molecule is N#Cc1cc(C=C[C@](O)(c2cc(Cl)cc(Cl)c2)C(F)(F)F)ccc1-n1cncn1. The highest BCUT2D eigenvalue weighted by Crippen LogP contribution is 2.42. The van der Waals surface area contributed by atoms with Gasteiger partial charge in [0.05, 0.1) is 11.3 Å². The predicted molar refractivity (Wildman–Crippen MR) is 102 cm³/mol. The summed E-state index contributed by atoms with van der Waals surface area (Å²) in [6.07, 6.45) is -0.726. The Hall–Kier alpha value is -2.86. The molecule has 0 fully saturated rings. The van der Waals surface area contributed by atoms with Gasteiger partial charge in [0, 0.05) is 10.0 Å². The molecule has 0 unspecified atom stereocenters. The Morgan fingerprint density at radius 2 is 1.79 bits per heavy atom. The largest absolute Gasteiger partial charge is 0.425 e. The van der Waals surface area contributed by atoms with Crippen LogP contribution in [0.2, 0.25) is 10.0 Å². The minimum absolute atomic E-state index is 0.0486. The quantitative estimate of drug-likeness (QED) is 0.627. The number of benzene rings is 2. The van der Waals surface area contributed by atoms with Crippen LogP contribution in [0.4, 0.5) is 13.2 Å². The first-order chi connectivity index (χ1) is 13.6. The molecule has 0 amide bonds. The second kappa shape index (κ2) is 7.87. The number of nitrogens with zero attached hydrogens (tertiary/aromatic N) is 4. The number of aliphatic hydroxyl groups is 1. The van der Waals surface area contributed by atoms with Crippen LogP contribution in [0.1, 0.15) is 16.7 Å². The number of rotatable bonds is 4. The van der Waals surface area contributed by atoms with Gasteiger partial charge in [-0.05, 0) is 47.5 Å². The second-order valence-corrected chi connectivity index (χ2v) is 6.86. The fourth-order valence-electron chi connectivity index (χ4n) is 2.62. The van der Waals surface area contributed by atoms with Gasteiger partial charge in [-0.2, -0.15) is 23.5 Å². The summed E-state index contributed by atoms with van der Waals surface area (Å²) in [5.41, 5.74) is -3.02. The average molecular weight is 439 g/mol. The Labute approximate surface area is 173 Å². The summed E-state index contributed by atoms with van der Waals surface area (Å²) in [6, 6.07) is 9.55. The molecule has 0 aliphatic heterocycles. The van der Waals surface area contributed by atoms with Crippen LogP contribution in [0, 0.1) is 11.3 Å². The zero-order chi connectivity index (χ0) is 21.2. The first kappa shape index (κ1) is 20.9. The minimum atomic E-state index is -5.05. The van der Waals surface area contributed by atoms with Crippen molar-refractivity contribution in [3.63, 3.8) is 0 Å². The van der Waals surface area contributed by atoms with Crippen molar-refractivity contribution in [3.8, 4) is 11.8 Å². The Kier molecular flexibility index (Phi) is 5.66. The molecule has 1 N–H and O–H groups in total. The smallest absolute Gasteiger partial charge is 0.373 e. The molecule has 0 bridgehead atoms. The van der Waals surface area contributed by atoms with Crippen LogP contribution in [-0.2, 0) is 5.60 Å². The minimum Gasteiger partial charge on any atom is -0.373 e. The first-order valence-electron chi connectivity index (χ1n) is 7.98. The molecule has 0 saturated heterocycles. The fraction of sp³-hybridized carbons (Fsp3) is 0.105. The van der Waals surface area contributed by atoms with Gasteiger partial charge in [-0.1, -0.05) is 35.3 Å². The van der Waals surface area contributed by atoms with Crippen molar-refractivity contribution in [3.05, 3.63) is 81.9 Å². The van der Waals surface area contributed by atoms with Gasteiger partial charge in [0.25, 0.3) is 0 Å². The molecule has 1 aromatic heterocycles. The topological polar surface area (TPSA) is 74.7 Å². The van der Waals surface area contributed by atoms with Crippen LogP contribution in [0.25, 0.3) is 11.8 Å². The second-order valence-electron chi connectivity index (χ2n) is 5.98. The zero-order valence-corrected chi connectivity index (χ0v) is 15.9. The lowest BCUT2D eigenvalue weighted by Crippen LogP contribution is -2.40. The van der Waals surface area contributed by atoms with E-state index in [9.17, 15) is 23.5 Å². The van der Waals surface area contributed by atoms with E-state index in [0.29, 0.717) is 11.8 Å². The van der Waals surface area contributed by atoms with E-state index in [0.717, 1.165) is 18.2 Å². The van der Waals surface area contributed by atoms with Crippen molar-refractivity contribution in [1.29, 1.82) is 5.26 Å². The van der Waals surface area contributed by atoms with Crippen LogP contribution in [-0.4, -0.2) is 26.0 Å². The Balaban J connectivity index is 2.04. The molecule has 0 aliphatic carbocycles. The van der Waals surface area contributed by atoms with E-state index in [1.165, 1.54) is 41.6 Å². The van der Waals surface area contributed by atoms with E-state index < -0.39 is 17.3 Å². The molecule has 5 nitrogen and oxygen atoms in total. The summed E-state index contributed by atoms with van der Waals surface area (Å²) < 4.78 is 42.4. The molecule has 0 saturated carbocycles. The van der Waals surface area contributed by atoms with E-state index >= 15 is 0 Å². The van der Waals surface area contributed by atoms with Crippen LogP contribution in [0.5, 0.6) is 0 Å². The summed E-state index contributed by atoms with van der Waals surface area (Å²) in [4.78, 5) is 3.79. The lowest BCUT2D eigenvalue weighted by Gasteiger charge is -2.28. The predicted octanol–water partition coefficient (Wildman–Crippen LogP) is 4.91. The Bertz CT molecular complexity index is 1090. The highest BCUT2D eigenvalue weighted by molar-refractivity contribution is 6.34. The molecular formula is C19H11Cl2F3N4O. The maximum Gasteiger partial charge on any atom is 0.425 e. The van der Waals surface area contributed by atoms with E-state index in [1.54, 1.807) is 0 Å². The van der Waals surface area contributed by atoms with Crippen LogP contribution in [0.3, 0.4) is 0 Å². The molecule has 148 valence electrons. The van der Waals surface area contributed by atoms with E-state index in [4.69, 9.17) is 23.2 Å². The van der Waals surface area contributed by atoms with Gasteiger partial charge in [-0.3, -0.25) is 0 Å². The molecule has 1 atom stereocenters. The zero-order valence-electron chi connectivity index (χ0n) is 14.4. The lowest BCUT2D eigenvalue weighted by molar-refractivity contribution is -0.244. The average Bonchev–Trinajstić information content (AvgIpc) is 3.18. The lowest BCUT2D eigenvalue weighted by atomic mass is 9.91. The first-order valence-corrected chi connectivity index (χ1v) is 8.74. The van der Waals surface area contributed by atoms with Gasteiger partial charge < -0.3 is 5.11 Å². The van der Waals surface area contributed by atoms with Crippen molar-refractivity contribution >= 4 is 29.3 Å². The van der Waals surface area contributed by atoms with Crippen LogP contribution in [0.15, 0.2) is 55.1 Å². The highest BCUT2D eigenvalue weighted by Gasteiger charge is 2.53. The van der Waals surface area contributed by atoms with Gasteiger partial charge in [0.2, 0.25) is 5.60 Å². The van der Waals surface area contributed by atoms with Crippen molar-refractivity contribution in [1.82, 2.24) is 14.8 Å². The van der Waals surface area contributed by atoms with Crippen LogP contribution >= 0.6 is 23.2 Å². The molecule has 29 heavy (non-hydrogen) atoms. The van der Waals surface area contributed by atoms with E-state index in [1.807, 2.05) is 6.07 Å². The number of alkyl halides is 3. The van der Waals surface area contributed by atoms with Crippen molar-refractivity contribution in [2.75, 3.05) is 0 Å². The molecule has 0 spiro atoms. The molecule has 10 heteroatoms. The summed E-state index contributed by atoms with van der Waals surface area (Å²) >= 11 is 11.6. The van der Waals surface area contributed by atoms with Crippen molar-refractivity contribution < 1.29 is 18.3 Å². The highest BCUT2D eigenvalue weighted by atomic mass is 35.5. The fourth-order valence-corrected chi connectivity index (χ4v) is 3.15. The van der Waals surface area contributed by atoms with Crippen molar-refractivity contribution in [2.24, 2.45) is 0 Å². The third-order valence-corrected chi connectivity index (χ3v) is 4.49. The van der Waals surface area contributed by atoms with Crippen molar-refractivity contribution in [2.45, 2.75) is 11.8 Å². The van der Waals surface area contributed by atoms with E-state index in [2.05, 4.69) is 10.1 Å². The monoisotopic (exact) mass is 438 g/mol. The Morgan fingerprint density at radius 1 is 1.10 bits per heavy atom. The number of aromatic nitrogens is 3. The summed E-state index contributed by atoms with van der Waals surface area (Å²) in [6.45, 7) is 0. The van der Waals surface area contributed by atoms with Gasteiger partial charge in [0.1, 0.15) is 18.7 Å². The van der Waals surface area contributed by atoms with Gasteiger partial charge >= 0.3 is 6.18 Å². The summed E-state index contributed by atoms with van der Waals surface area (Å²) in [5, 5.41) is 23.6. The van der Waals surface area contributed by atoms with Gasteiger partial charge in [0.15, 0.2) is 0 Å². The van der Waals surface area contributed by atoms with Gasteiger partial charge in [-0.25, -0.2) is 9.67 Å². The summed E-state index contributed by atoms with van der Waals surface area (Å²) in [7, 11) is 0. The third kappa shape index (κ3) is 4.27. The number of hydrogen-bond donors (Lipinski definition) is 1. The summed E-state index contributed by atoms with van der Waals surface area (Å²) in [5.74, 6) is 0.